The second-order valence-corrected chi connectivity index (χ2v) is 13.2. The normalized spacial score (nSPS) is 13.5. The van der Waals surface area contributed by atoms with Crippen LogP contribution in [0.1, 0.15) is 25.0 Å². The van der Waals surface area contributed by atoms with Crippen molar-refractivity contribution in [3.8, 4) is 39.3 Å². The van der Waals surface area contributed by atoms with Crippen molar-refractivity contribution < 1.29 is 4.42 Å². The zero-order valence-electron chi connectivity index (χ0n) is 26.2. The van der Waals surface area contributed by atoms with Crippen molar-refractivity contribution in [1.29, 1.82) is 0 Å². The summed E-state index contributed by atoms with van der Waals surface area (Å²) in [7, 11) is 0. The molecule has 0 saturated carbocycles. The summed E-state index contributed by atoms with van der Waals surface area (Å²) in [5, 5.41) is 4.78. The molecule has 0 spiro atoms. The molecule has 6 aromatic carbocycles. The first kappa shape index (κ1) is 26.3. The summed E-state index contributed by atoms with van der Waals surface area (Å²) >= 11 is 0. The number of rotatable bonds is 3. The van der Waals surface area contributed by atoms with Gasteiger partial charge in [0.1, 0.15) is 17.0 Å². The summed E-state index contributed by atoms with van der Waals surface area (Å²) in [6, 6.07) is 52.1. The van der Waals surface area contributed by atoms with E-state index in [1.54, 1.807) is 0 Å². The maximum atomic E-state index is 6.36. The molecule has 1 aliphatic rings. The molecule has 222 valence electrons. The maximum absolute atomic E-state index is 6.36. The number of nitrogens with zero attached hydrogens (tertiary/aromatic N) is 2. The van der Waals surface area contributed by atoms with Gasteiger partial charge in [0.15, 0.2) is 0 Å². The molecule has 0 unspecified atom stereocenters. The highest BCUT2D eigenvalue weighted by molar-refractivity contribution is 6.13. The average molecular weight is 603 g/mol. The SMILES string of the molecule is CC1(C)c2cc3c(cc2-c2cc4c5ccccc5n(-c5cc(-c6ccccc6)cc(-c6ccccc6)n5)c4cc21)oc1ccccc13. The van der Waals surface area contributed by atoms with Gasteiger partial charge in [-0.1, -0.05) is 111 Å². The zero-order chi connectivity index (χ0) is 31.3. The molecule has 0 radical (unpaired) electrons. The highest BCUT2D eigenvalue weighted by Gasteiger charge is 2.37. The maximum Gasteiger partial charge on any atom is 0.138 e. The van der Waals surface area contributed by atoms with Crippen LogP contribution in [0.2, 0.25) is 0 Å². The summed E-state index contributed by atoms with van der Waals surface area (Å²) < 4.78 is 8.73. The lowest BCUT2D eigenvalue weighted by atomic mass is 9.82. The van der Waals surface area contributed by atoms with E-state index in [1.165, 1.54) is 49.4 Å². The predicted octanol–water partition coefficient (Wildman–Crippen LogP) is 11.7. The van der Waals surface area contributed by atoms with Gasteiger partial charge in [0.05, 0.1) is 16.7 Å². The van der Waals surface area contributed by atoms with E-state index < -0.39 is 0 Å². The van der Waals surface area contributed by atoms with Crippen LogP contribution in [0.25, 0.3) is 83.1 Å². The van der Waals surface area contributed by atoms with Crippen molar-refractivity contribution in [3.63, 3.8) is 0 Å². The molecule has 3 heteroatoms. The monoisotopic (exact) mass is 602 g/mol. The molecule has 0 fully saturated rings. The molecule has 3 aromatic heterocycles. The van der Waals surface area contributed by atoms with E-state index in [9.17, 15) is 0 Å². The molecule has 0 saturated heterocycles. The molecular weight excluding hydrogens is 572 g/mol. The summed E-state index contributed by atoms with van der Waals surface area (Å²) in [6.07, 6.45) is 0. The van der Waals surface area contributed by atoms with Gasteiger partial charge in [0.2, 0.25) is 0 Å². The molecule has 3 nitrogen and oxygen atoms in total. The van der Waals surface area contributed by atoms with E-state index in [4.69, 9.17) is 9.40 Å². The summed E-state index contributed by atoms with van der Waals surface area (Å²) in [4.78, 5) is 5.35. The average Bonchev–Trinajstić information content (AvgIpc) is 3.72. The van der Waals surface area contributed by atoms with Gasteiger partial charge >= 0.3 is 0 Å². The number of benzene rings is 6. The van der Waals surface area contributed by atoms with Gasteiger partial charge in [0, 0.05) is 32.5 Å². The van der Waals surface area contributed by atoms with Crippen LogP contribution >= 0.6 is 0 Å². The van der Waals surface area contributed by atoms with Gasteiger partial charge < -0.3 is 4.42 Å². The molecule has 3 heterocycles. The van der Waals surface area contributed by atoms with Crippen molar-refractivity contribution in [2.45, 2.75) is 19.3 Å². The number of fused-ring (bicyclic) bond motifs is 9. The Morgan fingerprint density at radius 1 is 0.489 bits per heavy atom. The molecule has 9 aromatic rings. The van der Waals surface area contributed by atoms with Crippen molar-refractivity contribution in [3.05, 3.63) is 157 Å². The fourth-order valence-corrected chi connectivity index (χ4v) is 7.84. The quantitative estimate of drug-likeness (QED) is 0.201. The first-order chi connectivity index (χ1) is 23.0. The number of pyridine rings is 1. The van der Waals surface area contributed by atoms with E-state index in [0.29, 0.717) is 0 Å². The molecule has 47 heavy (non-hydrogen) atoms. The number of furan rings is 1. The van der Waals surface area contributed by atoms with Crippen molar-refractivity contribution >= 4 is 43.7 Å². The van der Waals surface area contributed by atoms with E-state index in [2.05, 4.69) is 158 Å². The first-order valence-corrected chi connectivity index (χ1v) is 16.2. The molecular formula is C44H30N2O. The molecule has 1 aliphatic carbocycles. The lowest BCUT2D eigenvalue weighted by molar-refractivity contribution is 0.658. The second-order valence-electron chi connectivity index (χ2n) is 13.2. The Labute approximate surface area is 272 Å². The lowest BCUT2D eigenvalue weighted by Gasteiger charge is -2.22. The van der Waals surface area contributed by atoms with Crippen LogP contribution in [0, 0.1) is 0 Å². The molecule has 0 atom stereocenters. The largest absolute Gasteiger partial charge is 0.456 e. The van der Waals surface area contributed by atoms with Crippen LogP contribution in [-0.4, -0.2) is 9.55 Å². The Morgan fingerprint density at radius 3 is 1.96 bits per heavy atom. The van der Waals surface area contributed by atoms with Gasteiger partial charge in [-0.2, -0.15) is 0 Å². The molecule has 0 aliphatic heterocycles. The van der Waals surface area contributed by atoms with Gasteiger partial charge in [-0.25, -0.2) is 4.98 Å². The summed E-state index contributed by atoms with van der Waals surface area (Å²) in [5.74, 6) is 0.911. The number of para-hydroxylation sites is 2. The molecule has 0 N–H and O–H groups in total. The lowest BCUT2D eigenvalue weighted by Crippen LogP contribution is -2.15. The van der Waals surface area contributed by atoms with Gasteiger partial charge in [-0.15, -0.1) is 0 Å². The standard InChI is InChI=1S/C44H30N2O/c1-44(2)36-24-35-31-18-10-12-20-41(31)47-42(35)25-33(36)32-23-34-30-17-9-11-19-39(30)46(40(34)26-37(32)44)43-22-29(27-13-5-3-6-14-27)21-38(45-43)28-15-7-4-8-16-28/h3-26H,1-2H3. The molecule has 0 amide bonds. The third-order valence-corrected chi connectivity index (χ3v) is 10.2. The Bertz CT molecular complexity index is 2640. The minimum absolute atomic E-state index is 0.193. The van der Waals surface area contributed by atoms with Crippen LogP contribution < -0.4 is 0 Å². The zero-order valence-corrected chi connectivity index (χ0v) is 26.2. The summed E-state index contributed by atoms with van der Waals surface area (Å²) in [5.41, 5.74) is 13.5. The Morgan fingerprint density at radius 2 is 1.15 bits per heavy atom. The highest BCUT2D eigenvalue weighted by Crippen LogP contribution is 2.53. The van der Waals surface area contributed by atoms with E-state index in [1.807, 2.05) is 6.07 Å². The van der Waals surface area contributed by atoms with Crippen molar-refractivity contribution in [2.24, 2.45) is 0 Å². The first-order valence-electron chi connectivity index (χ1n) is 16.2. The Balaban J connectivity index is 1.26. The van der Waals surface area contributed by atoms with Crippen molar-refractivity contribution in [2.75, 3.05) is 0 Å². The smallest absolute Gasteiger partial charge is 0.138 e. The summed E-state index contributed by atoms with van der Waals surface area (Å²) in [6.45, 7) is 4.71. The Kier molecular flexibility index (Phi) is 5.34. The minimum Gasteiger partial charge on any atom is -0.456 e. The van der Waals surface area contributed by atoms with Crippen LogP contribution in [0.3, 0.4) is 0 Å². The van der Waals surface area contributed by atoms with Crippen molar-refractivity contribution in [1.82, 2.24) is 9.55 Å². The number of hydrogen-bond acceptors (Lipinski definition) is 2. The number of aromatic nitrogens is 2. The Hall–Kier alpha value is -5.93. The fourth-order valence-electron chi connectivity index (χ4n) is 7.84. The van der Waals surface area contributed by atoms with Gasteiger partial charge in [0.25, 0.3) is 0 Å². The van der Waals surface area contributed by atoms with E-state index in [-0.39, 0.29) is 5.41 Å². The molecule has 10 rings (SSSR count). The van der Waals surface area contributed by atoms with Gasteiger partial charge in [-0.3, -0.25) is 4.57 Å². The van der Waals surface area contributed by atoms with Crippen LogP contribution in [0.15, 0.2) is 150 Å². The highest BCUT2D eigenvalue weighted by atomic mass is 16.3. The minimum atomic E-state index is -0.193. The number of hydrogen-bond donors (Lipinski definition) is 0. The van der Waals surface area contributed by atoms with E-state index >= 15 is 0 Å². The predicted molar refractivity (Wildman–Crippen MR) is 194 cm³/mol. The van der Waals surface area contributed by atoms with Crippen LogP contribution in [0.5, 0.6) is 0 Å². The van der Waals surface area contributed by atoms with E-state index in [0.717, 1.165) is 44.8 Å². The third kappa shape index (κ3) is 3.77. The third-order valence-electron chi connectivity index (χ3n) is 10.2. The van der Waals surface area contributed by atoms with Crippen LogP contribution in [0.4, 0.5) is 0 Å². The molecule has 0 bridgehead atoms. The topological polar surface area (TPSA) is 31.0 Å². The second kappa shape index (κ2) is 9.54. The van der Waals surface area contributed by atoms with Crippen LogP contribution in [-0.2, 0) is 5.41 Å². The fraction of sp³-hybridized carbons (Fsp3) is 0.0682. The van der Waals surface area contributed by atoms with Gasteiger partial charge in [-0.05, 0) is 81.9 Å².